The maximum Gasteiger partial charge on any atom is 0.136 e. The van der Waals surface area contributed by atoms with Gasteiger partial charge in [0, 0.05) is 19.6 Å². The maximum atomic E-state index is 9.18. The quantitative estimate of drug-likeness (QED) is 0.858. The SMILES string of the molecule is COc1ccc(CN2CC(C)(C)OC(C)(C)C2)cc1C#N. The molecule has 21 heavy (non-hydrogen) atoms. The van der Waals surface area contributed by atoms with E-state index < -0.39 is 0 Å². The molecular weight excluding hydrogens is 264 g/mol. The Morgan fingerprint density at radius 1 is 1.24 bits per heavy atom. The fraction of sp³-hybridized carbons (Fsp3) is 0.588. The Balaban J connectivity index is 2.16. The van der Waals surface area contributed by atoms with Crippen molar-refractivity contribution in [1.29, 1.82) is 5.26 Å². The molecule has 114 valence electrons. The first-order valence-electron chi connectivity index (χ1n) is 7.24. The number of nitriles is 1. The van der Waals surface area contributed by atoms with Gasteiger partial charge in [-0.3, -0.25) is 4.90 Å². The predicted molar refractivity (Wildman–Crippen MR) is 82.2 cm³/mol. The summed E-state index contributed by atoms with van der Waals surface area (Å²) in [5, 5.41) is 9.18. The van der Waals surface area contributed by atoms with Crippen molar-refractivity contribution in [3.05, 3.63) is 29.3 Å². The van der Waals surface area contributed by atoms with Gasteiger partial charge in [-0.1, -0.05) is 6.07 Å². The van der Waals surface area contributed by atoms with Crippen molar-refractivity contribution in [3.63, 3.8) is 0 Å². The van der Waals surface area contributed by atoms with Gasteiger partial charge in [0.05, 0.1) is 23.9 Å². The molecule has 0 atom stereocenters. The van der Waals surface area contributed by atoms with E-state index in [1.165, 1.54) is 0 Å². The average Bonchev–Trinajstić information content (AvgIpc) is 2.34. The third kappa shape index (κ3) is 3.96. The van der Waals surface area contributed by atoms with Crippen molar-refractivity contribution in [3.8, 4) is 11.8 Å². The first-order valence-corrected chi connectivity index (χ1v) is 7.24. The van der Waals surface area contributed by atoms with Crippen molar-refractivity contribution in [2.45, 2.75) is 45.4 Å². The number of benzene rings is 1. The number of nitrogens with zero attached hydrogens (tertiary/aromatic N) is 2. The van der Waals surface area contributed by atoms with Crippen molar-refractivity contribution in [2.24, 2.45) is 0 Å². The lowest BCUT2D eigenvalue weighted by molar-refractivity contribution is -0.182. The van der Waals surface area contributed by atoms with E-state index in [4.69, 9.17) is 9.47 Å². The van der Waals surface area contributed by atoms with Crippen LogP contribution in [0.3, 0.4) is 0 Å². The van der Waals surface area contributed by atoms with Gasteiger partial charge in [-0.15, -0.1) is 0 Å². The second-order valence-corrected chi connectivity index (χ2v) is 6.91. The minimum absolute atomic E-state index is 0.160. The highest BCUT2D eigenvalue weighted by atomic mass is 16.5. The molecule has 0 radical (unpaired) electrons. The number of ether oxygens (including phenoxy) is 2. The largest absolute Gasteiger partial charge is 0.495 e. The Hall–Kier alpha value is -1.57. The van der Waals surface area contributed by atoms with Crippen LogP contribution in [0, 0.1) is 11.3 Å². The summed E-state index contributed by atoms with van der Waals surface area (Å²) in [5.74, 6) is 0.629. The first kappa shape index (κ1) is 15.8. The van der Waals surface area contributed by atoms with Gasteiger partial charge in [-0.25, -0.2) is 0 Å². The summed E-state index contributed by atoms with van der Waals surface area (Å²) in [6.07, 6.45) is 0. The molecule has 0 unspecified atom stereocenters. The average molecular weight is 288 g/mol. The van der Waals surface area contributed by atoms with E-state index in [2.05, 4.69) is 38.7 Å². The third-order valence-electron chi connectivity index (χ3n) is 3.55. The first-order chi connectivity index (χ1) is 9.74. The smallest absolute Gasteiger partial charge is 0.136 e. The number of hydrogen-bond donors (Lipinski definition) is 0. The van der Waals surface area contributed by atoms with Crippen LogP contribution in [0.4, 0.5) is 0 Å². The highest BCUT2D eigenvalue weighted by molar-refractivity contribution is 5.45. The van der Waals surface area contributed by atoms with E-state index in [1.54, 1.807) is 7.11 Å². The van der Waals surface area contributed by atoms with Crippen LogP contribution in [0.2, 0.25) is 0 Å². The third-order valence-corrected chi connectivity index (χ3v) is 3.55. The van der Waals surface area contributed by atoms with Crippen molar-refractivity contribution in [1.82, 2.24) is 4.90 Å². The lowest BCUT2D eigenvalue weighted by atomic mass is 9.98. The topological polar surface area (TPSA) is 45.5 Å². The number of methoxy groups -OCH3 is 1. The summed E-state index contributed by atoms with van der Waals surface area (Å²) in [4.78, 5) is 2.38. The second-order valence-electron chi connectivity index (χ2n) is 6.91. The zero-order valence-corrected chi connectivity index (χ0v) is 13.6. The maximum absolute atomic E-state index is 9.18. The molecule has 0 bridgehead atoms. The molecule has 2 rings (SSSR count). The molecular formula is C17H24N2O2. The van der Waals surface area contributed by atoms with E-state index in [0.29, 0.717) is 11.3 Å². The summed E-state index contributed by atoms with van der Waals surface area (Å²) >= 11 is 0. The lowest BCUT2D eigenvalue weighted by Crippen LogP contribution is -2.56. The molecule has 1 aromatic carbocycles. The van der Waals surface area contributed by atoms with E-state index in [9.17, 15) is 5.26 Å². The fourth-order valence-electron chi connectivity index (χ4n) is 3.26. The van der Waals surface area contributed by atoms with Crippen LogP contribution in [0.5, 0.6) is 5.75 Å². The van der Waals surface area contributed by atoms with E-state index in [-0.39, 0.29) is 11.2 Å². The molecule has 0 saturated carbocycles. The molecule has 4 nitrogen and oxygen atoms in total. The zero-order chi connectivity index (χ0) is 15.7. The van der Waals surface area contributed by atoms with Gasteiger partial charge < -0.3 is 9.47 Å². The minimum atomic E-state index is -0.160. The van der Waals surface area contributed by atoms with Crippen LogP contribution in [0.15, 0.2) is 18.2 Å². The normalized spacial score (nSPS) is 20.8. The van der Waals surface area contributed by atoms with Gasteiger partial charge in [-0.2, -0.15) is 5.26 Å². The van der Waals surface area contributed by atoms with Gasteiger partial charge in [0.2, 0.25) is 0 Å². The van der Waals surface area contributed by atoms with Crippen LogP contribution in [0.1, 0.15) is 38.8 Å². The number of morpholine rings is 1. The standard InChI is InChI=1S/C17H24N2O2/c1-16(2)11-19(12-17(3,4)21-16)10-13-6-7-15(20-5)14(8-13)9-18/h6-8H,10-12H2,1-5H3. The molecule has 1 aliphatic rings. The van der Waals surface area contributed by atoms with Crippen molar-refractivity contribution in [2.75, 3.05) is 20.2 Å². The molecule has 0 N–H and O–H groups in total. The molecule has 1 heterocycles. The summed E-state index contributed by atoms with van der Waals surface area (Å²) < 4.78 is 11.3. The second kappa shape index (κ2) is 5.67. The molecule has 0 amide bonds. The highest BCUT2D eigenvalue weighted by Gasteiger charge is 2.37. The van der Waals surface area contributed by atoms with Gasteiger partial charge >= 0.3 is 0 Å². The number of hydrogen-bond acceptors (Lipinski definition) is 4. The van der Waals surface area contributed by atoms with Crippen molar-refractivity contribution >= 4 is 0 Å². The molecule has 1 aliphatic heterocycles. The van der Waals surface area contributed by atoms with Crippen LogP contribution in [0.25, 0.3) is 0 Å². The Morgan fingerprint density at radius 3 is 2.38 bits per heavy atom. The summed E-state index contributed by atoms with van der Waals surface area (Å²) in [7, 11) is 1.59. The molecule has 0 aliphatic carbocycles. The Kier molecular flexibility index (Phi) is 4.27. The molecule has 4 heteroatoms. The van der Waals surface area contributed by atoms with Gasteiger partial charge in [0.1, 0.15) is 11.8 Å². The van der Waals surface area contributed by atoms with Crippen LogP contribution < -0.4 is 4.74 Å². The number of rotatable bonds is 3. The molecule has 1 aromatic rings. The monoisotopic (exact) mass is 288 g/mol. The van der Waals surface area contributed by atoms with Gasteiger partial charge in [-0.05, 0) is 45.4 Å². The summed E-state index contributed by atoms with van der Waals surface area (Å²) in [6.45, 7) is 11.1. The van der Waals surface area contributed by atoms with E-state index in [0.717, 1.165) is 25.2 Å². The Bertz CT molecular complexity index is 542. The Labute approximate surface area is 127 Å². The van der Waals surface area contributed by atoms with Crippen LogP contribution >= 0.6 is 0 Å². The Morgan fingerprint density at radius 2 is 1.86 bits per heavy atom. The fourth-order valence-corrected chi connectivity index (χ4v) is 3.26. The van der Waals surface area contributed by atoms with E-state index >= 15 is 0 Å². The summed E-state index contributed by atoms with van der Waals surface area (Å²) in [6, 6.07) is 7.99. The lowest BCUT2D eigenvalue weighted by Gasteiger charge is -2.47. The van der Waals surface area contributed by atoms with Gasteiger partial charge in [0.25, 0.3) is 0 Å². The molecule has 0 aromatic heterocycles. The highest BCUT2D eigenvalue weighted by Crippen LogP contribution is 2.29. The molecule has 1 saturated heterocycles. The van der Waals surface area contributed by atoms with Crippen LogP contribution in [-0.4, -0.2) is 36.3 Å². The van der Waals surface area contributed by atoms with E-state index in [1.807, 2.05) is 18.2 Å². The zero-order valence-electron chi connectivity index (χ0n) is 13.6. The van der Waals surface area contributed by atoms with Crippen LogP contribution in [-0.2, 0) is 11.3 Å². The molecule has 1 fully saturated rings. The predicted octanol–water partition coefficient (Wildman–Crippen LogP) is 2.96. The van der Waals surface area contributed by atoms with Crippen molar-refractivity contribution < 1.29 is 9.47 Å². The molecule has 0 spiro atoms. The minimum Gasteiger partial charge on any atom is -0.495 e. The van der Waals surface area contributed by atoms with Gasteiger partial charge in [0.15, 0.2) is 0 Å². The summed E-state index contributed by atoms with van der Waals surface area (Å²) in [5.41, 5.74) is 1.39.